The third-order valence-electron chi connectivity index (χ3n) is 4.74. The van der Waals surface area contributed by atoms with Gasteiger partial charge in [0.2, 0.25) is 0 Å². The van der Waals surface area contributed by atoms with Gasteiger partial charge in [0.05, 0.1) is 21.2 Å². The highest BCUT2D eigenvalue weighted by Crippen LogP contribution is 2.31. The molecule has 1 aliphatic heterocycles. The van der Waals surface area contributed by atoms with Crippen molar-refractivity contribution in [2.45, 2.75) is 19.5 Å². The molecule has 0 bridgehead atoms. The smallest absolute Gasteiger partial charge is 0.265 e. The molecule has 144 valence electrons. The summed E-state index contributed by atoms with van der Waals surface area (Å²) in [4.78, 5) is 27.8. The van der Waals surface area contributed by atoms with Crippen molar-refractivity contribution in [2.24, 2.45) is 0 Å². The van der Waals surface area contributed by atoms with E-state index in [-0.39, 0.29) is 11.8 Å². The van der Waals surface area contributed by atoms with E-state index in [0.717, 1.165) is 20.5 Å². The predicted octanol–water partition coefficient (Wildman–Crippen LogP) is 4.98. The molecule has 0 radical (unpaired) electrons. The molecule has 5 nitrogen and oxygen atoms in total. The Bertz CT molecular complexity index is 1150. The Morgan fingerprint density at radius 2 is 1.97 bits per heavy atom. The Balaban J connectivity index is 1.54. The fraction of sp³-hybridized carbons (Fsp3) is 0.136. The van der Waals surface area contributed by atoms with E-state index < -0.39 is 0 Å². The molecule has 0 unspecified atom stereocenters. The van der Waals surface area contributed by atoms with E-state index >= 15 is 0 Å². The molecule has 1 aromatic heterocycles. The third-order valence-corrected chi connectivity index (χ3v) is 6.36. The lowest BCUT2D eigenvalue weighted by atomic mass is 10.1. The van der Waals surface area contributed by atoms with Gasteiger partial charge in [-0.15, -0.1) is 11.3 Å². The molecule has 7 heteroatoms. The maximum absolute atomic E-state index is 12.9. The summed E-state index contributed by atoms with van der Waals surface area (Å²) in [5, 5.41) is 11.8. The van der Waals surface area contributed by atoms with Crippen molar-refractivity contribution in [1.82, 2.24) is 4.90 Å². The van der Waals surface area contributed by atoms with Crippen molar-refractivity contribution >= 4 is 44.8 Å². The zero-order valence-corrected chi connectivity index (χ0v) is 17.7. The summed E-state index contributed by atoms with van der Waals surface area (Å²) in [5.41, 5.74) is 4.02. The summed E-state index contributed by atoms with van der Waals surface area (Å²) in [6, 6.07) is 18.9. The second-order valence-corrected chi connectivity index (χ2v) is 9.17. The highest BCUT2D eigenvalue weighted by molar-refractivity contribution is 9.11. The Kier molecular flexibility index (Phi) is 5.47. The number of nitrogens with one attached hydrogen (secondary N) is 1. The number of fused-ring (bicyclic) bond motifs is 1. The van der Waals surface area contributed by atoms with Crippen molar-refractivity contribution in [3.05, 3.63) is 85.5 Å². The van der Waals surface area contributed by atoms with Crippen molar-refractivity contribution in [3.63, 3.8) is 0 Å². The quantitative estimate of drug-likeness (QED) is 0.576. The van der Waals surface area contributed by atoms with Gasteiger partial charge in [0.1, 0.15) is 0 Å². The summed E-state index contributed by atoms with van der Waals surface area (Å²) in [6.45, 7) is 0.888. The zero-order valence-electron chi connectivity index (χ0n) is 15.3. The first-order valence-electron chi connectivity index (χ1n) is 8.98. The fourth-order valence-corrected chi connectivity index (χ4v) is 4.69. The van der Waals surface area contributed by atoms with E-state index in [0.29, 0.717) is 35.6 Å². The van der Waals surface area contributed by atoms with Gasteiger partial charge in [-0.05, 0) is 51.3 Å². The lowest BCUT2D eigenvalue weighted by molar-refractivity contribution is 0.0766. The monoisotopic (exact) mass is 465 g/mol. The molecular weight excluding hydrogens is 450 g/mol. The van der Waals surface area contributed by atoms with Crippen LogP contribution in [0, 0.1) is 11.3 Å². The van der Waals surface area contributed by atoms with E-state index in [4.69, 9.17) is 5.26 Å². The molecule has 0 spiro atoms. The van der Waals surface area contributed by atoms with Crippen molar-refractivity contribution in [2.75, 3.05) is 5.32 Å². The first-order chi connectivity index (χ1) is 14.0. The van der Waals surface area contributed by atoms with Gasteiger partial charge < -0.3 is 10.2 Å². The number of rotatable bonds is 5. The number of thiophene rings is 1. The average molecular weight is 466 g/mol. The summed E-state index contributed by atoms with van der Waals surface area (Å²) in [6.07, 6.45) is 0.344. The molecule has 1 aliphatic rings. The molecule has 29 heavy (non-hydrogen) atoms. The van der Waals surface area contributed by atoms with E-state index in [1.165, 1.54) is 11.3 Å². The van der Waals surface area contributed by atoms with Gasteiger partial charge in [0.15, 0.2) is 0 Å². The summed E-state index contributed by atoms with van der Waals surface area (Å²) < 4.78 is 0.890. The van der Waals surface area contributed by atoms with Crippen molar-refractivity contribution in [3.8, 4) is 6.07 Å². The van der Waals surface area contributed by atoms with Crippen LogP contribution in [-0.2, 0) is 19.5 Å². The molecule has 0 aliphatic carbocycles. The molecule has 0 fully saturated rings. The third kappa shape index (κ3) is 4.09. The first-order valence-corrected chi connectivity index (χ1v) is 10.6. The van der Waals surface area contributed by atoms with Crippen LogP contribution < -0.4 is 5.32 Å². The topological polar surface area (TPSA) is 73.2 Å². The first kappa shape index (κ1) is 19.4. The number of benzene rings is 2. The van der Waals surface area contributed by atoms with Crippen LogP contribution >= 0.6 is 27.3 Å². The normalized spacial score (nSPS) is 12.6. The summed E-state index contributed by atoms with van der Waals surface area (Å²) in [5.74, 6) is -0.246. The van der Waals surface area contributed by atoms with Crippen LogP contribution in [0.5, 0.6) is 0 Å². The number of hydrogen-bond acceptors (Lipinski definition) is 4. The highest BCUT2D eigenvalue weighted by atomic mass is 79.9. The van der Waals surface area contributed by atoms with Crippen LogP contribution in [0.2, 0.25) is 0 Å². The van der Waals surface area contributed by atoms with E-state index in [2.05, 4.69) is 27.3 Å². The molecule has 2 heterocycles. The number of carbonyl (C=O) groups excluding carboxylic acids is 2. The summed E-state index contributed by atoms with van der Waals surface area (Å²) in [7, 11) is 0. The van der Waals surface area contributed by atoms with E-state index in [1.807, 2.05) is 36.4 Å². The molecule has 3 aromatic rings. The van der Waals surface area contributed by atoms with Gasteiger partial charge in [0, 0.05) is 29.9 Å². The van der Waals surface area contributed by atoms with Crippen LogP contribution in [0.4, 0.5) is 5.69 Å². The zero-order chi connectivity index (χ0) is 20.4. The minimum absolute atomic E-state index is 0.0550. The largest absolute Gasteiger partial charge is 0.330 e. The SMILES string of the molecule is N#CCc1cccc(CN2Cc3c(NC(=O)c4ccc(Br)s4)cccc3C2=O)c1. The molecule has 2 amide bonds. The van der Waals surface area contributed by atoms with Gasteiger partial charge in [-0.25, -0.2) is 0 Å². The lowest BCUT2D eigenvalue weighted by Gasteiger charge is -2.16. The standard InChI is InChI=1S/C22H16BrN3O2S/c23-20-8-7-19(29-20)21(27)25-18-6-2-5-16-17(18)13-26(22(16)28)12-15-4-1-3-14(11-15)9-10-24/h1-8,11H,9,12-13H2,(H,25,27). The van der Waals surface area contributed by atoms with Gasteiger partial charge in [-0.2, -0.15) is 5.26 Å². The lowest BCUT2D eigenvalue weighted by Crippen LogP contribution is -2.23. The van der Waals surface area contributed by atoms with Crippen LogP contribution in [0.1, 0.15) is 36.7 Å². The Morgan fingerprint density at radius 1 is 1.17 bits per heavy atom. The van der Waals surface area contributed by atoms with Gasteiger partial charge in [0.25, 0.3) is 11.8 Å². The Hall–Kier alpha value is -2.95. The second kappa shape index (κ2) is 8.19. The van der Waals surface area contributed by atoms with E-state index in [1.54, 1.807) is 23.1 Å². The molecule has 4 rings (SSSR count). The number of halogens is 1. The molecular formula is C22H16BrN3O2S. The Labute approximate surface area is 180 Å². The average Bonchev–Trinajstić information content (AvgIpc) is 3.27. The van der Waals surface area contributed by atoms with Crippen LogP contribution in [-0.4, -0.2) is 16.7 Å². The van der Waals surface area contributed by atoms with Crippen LogP contribution in [0.25, 0.3) is 0 Å². The number of carbonyl (C=O) groups is 2. The molecule has 2 aromatic carbocycles. The summed E-state index contributed by atoms with van der Waals surface area (Å²) >= 11 is 4.73. The molecule has 0 atom stereocenters. The van der Waals surface area contributed by atoms with E-state index in [9.17, 15) is 9.59 Å². The predicted molar refractivity (Wildman–Crippen MR) is 116 cm³/mol. The number of hydrogen-bond donors (Lipinski definition) is 1. The second-order valence-electron chi connectivity index (χ2n) is 6.71. The molecule has 1 N–H and O–H groups in total. The van der Waals surface area contributed by atoms with Gasteiger partial charge in [-0.3, -0.25) is 9.59 Å². The number of amides is 2. The Morgan fingerprint density at radius 3 is 2.72 bits per heavy atom. The van der Waals surface area contributed by atoms with Gasteiger partial charge in [-0.1, -0.05) is 30.3 Å². The minimum atomic E-state index is -0.191. The number of nitriles is 1. The maximum Gasteiger partial charge on any atom is 0.265 e. The molecule has 0 saturated carbocycles. The van der Waals surface area contributed by atoms with Crippen LogP contribution in [0.3, 0.4) is 0 Å². The highest BCUT2D eigenvalue weighted by Gasteiger charge is 2.29. The minimum Gasteiger partial charge on any atom is -0.330 e. The molecule has 0 saturated heterocycles. The maximum atomic E-state index is 12.9. The van der Waals surface area contributed by atoms with Crippen molar-refractivity contribution in [1.29, 1.82) is 5.26 Å². The van der Waals surface area contributed by atoms with Crippen molar-refractivity contribution < 1.29 is 9.59 Å². The number of anilines is 1. The number of nitrogens with zero attached hydrogens (tertiary/aromatic N) is 2. The van der Waals surface area contributed by atoms with Crippen LogP contribution in [0.15, 0.2) is 58.4 Å². The van der Waals surface area contributed by atoms with Gasteiger partial charge >= 0.3 is 0 Å². The fourth-order valence-electron chi connectivity index (χ4n) is 3.41.